The van der Waals surface area contributed by atoms with E-state index < -0.39 is 4.92 Å². The summed E-state index contributed by atoms with van der Waals surface area (Å²) in [5, 5.41) is 14.3. The third-order valence-corrected chi connectivity index (χ3v) is 3.63. The van der Waals surface area contributed by atoms with Gasteiger partial charge in [0, 0.05) is 12.1 Å². The van der Waals surface area contributed by atoms with Gasteiger partial charge in [0.1, 0.15) is 5.02 Å². The Balaban J connectivity index is 2.16. The Labute approximate surface area is 105 Å². The van der Waals surface area contributed by atoms with E-state index >= 15 is 0 Å². The van der Waals surface area contributed by atoms with Crippen LogP contribution in [0.1, 0.15) is 26.2 Å². The minimum atomic E-state index is -0.454. The van der Waals surface area contributed by atoms with Crippen LogP contribution in [0.5, 0.6) is 0 Å². The van der Waals surface area contributed by atoms with Crippen molar-refractivity contribution < 1.29 is 4.92 Å². The van der Waals surface area contributed by atoms with Crippen LogP contribution in [0.25, 0.3) is 0 Å². The Kier molecular flexibility index (Phi) is 3.52. The first-order valence-electron chi connectivity index (χ1n) is 5.77. The largest absolute Gasteiger partial charge is 0.381 e. The maximum absolute atomic E-state index is 10.8. The van der Waals surface area contributed by atoms with E-state index in [9.17, 15) is 10.1 Å². The van der Waals surface area contributed by atoms with Crippen LogP contribution in [0.15, 0.2) is 18.2 Å². The molecule has 1 saturated carbocycles. The van der Waals surface area contributed by atoms with Crippen LogP contribution in [0, 0.1) is 16.0 Å². The maximum atomic E-state index is 10.8. The molecule has 1 aliphatic rings. The van der Waals surface area contributed by atoms with Crippen molar-refractivity contribution in [2.75, 3.05) is 5.32 Å². The van der Waals surface area contributed by atoms with Gasteiger partial charge in [-0.2, -0.15) is 0 Å². The number of benzene rings is 1. The minimum Gasteiger partial charge on any atom is -0.381 e. The van der Waals surface area contributed by atoms with Crippen molar-refractivity contribution >= 4 is 23.0 Å². The predicted octanol–water partition coefficient (Wildman–Crippen LogP) is 3.85. The number of hydrogen-bond donors (Lipinski definition) is 1. The van der Waals surface area contributed by atoms with Gasteiger partial charge in [-0.15, -0.1) is 0 Å². The summed E-state index contributed by atoms with van der Waals surface area (Å²) in [4.78, 5) is 10.3. The van der Waals surface area contributed by atoms with E-state index in [1.807, 2.05) is 0 Å². The summed E-state index contributed by atoms with van der Waals surface area (Å²) in [6.45, 7) is 2.22. The number of hydrogen-bond acceptors (Lipinski definition) is 3. The number of halogens is 1. The molecule has 0 bridgehead atoms. The highest BCUT2D eigenvalue weighted by Gasteiger charge is 2.23. The number of nitro groups is 1. The first-order valence-corrected chi connectivity index (χ1v) is 6.15. The van der Waals surface area contributed by atoms with E-state index in [4.69, 9.17) is 11.6 Å². The molecule has 2 rings (SSSR count). The van der Waals surface area contributed by atoms with Gasteiger partial charge in [-0.05, 0) is 31.2 Å². The summed E-state index contributed by atoms with van der Waals surface area (Å²) in [7, 11) is 0. The lowest BCUT2D eigenvalue weighted by atomic mass is 10.1. The summed E-state index contributed by atoms with van der Waals surface area (Å²) in [5.74, 6) is 0.713. The summed E-state index contributed by atoms with van der Waals surface area (Å²) < 4.78 is 0. The molecule has 1 aromatic rings. The second-order valence-corrected chi connectivity index (χ2v) is 5.03. The molecule has 0 amide bonds. The van der Waals surface area contributed by atoms with Crippen LogP contribution in [0.4, 0.5) is 11.4 Å². The van der Waals surface area contributed by atoms with Crippen molar-refractivity contribution in [3.63, 3.8) is 0 Å². The molecule has 0 spiro atoms. The van der Waals surface area contributed by atoms with Gasteiger partial charge >= 0.3 is 0 Å². The fraction of sp³-hybridized carbons (Fsp3) is 0.500. The summed E-state index contributed by atoms with van der Waals surface area (Å²) in [5.41, 5.74) is 0.627. The zero-order valence-electron chi connectivity index (χ0n) is 9.65. The van der Waals surface area contributed by atoms with Gasteiger partial charge in [0.25, 0.3) is 5.69 Å². The van der Waals surface area contributed by atoms with Crippen LogP contribution in [0.3, 0.4) is 0 Å². The second kappa shape index (κ2) is 4.92. The van der Waals surface area contributed by atoms with Gasteiger partial charge in [0.05, 0.1) is 10.6 Å². The fourth-order valence-corrected chi connectivity index (χ4v) is 2.58. The number of rotatable bonds is 3. The first-order chi connectivity index (χ1) is 8.08. The van der Waals surface area contributed by atoms with Crippen LogP contribution in [-0.2, 0) is 0 Å². The van der Waals surface area contributed by atoms with Crippen LogP contribution < -0.4 is 5.32 Å². The normalized spacial score (nSPS) is 23.6. The zero-order chi connectivity index (χ0) is 12.4. The van der Waals surface area contributed by atoms with E-state index in [1.165, 1.54) is 12.5 Å². The molecule has 17 heavy (non-hydrogen) atoms. The molecule has 1 aromatic carbocycles. The molecule has 1 aliphatic carbocycles. The lowest BCUT2D eigenvalue weighted by molar-refractivity contribution is -0.384. The molecule has 0 saturated heterocycles. The molecule has 92 valence electrons. The van der Waals surface area contributed by atoms with Crippen molar-refractivity contribution in [2.24, 2.45) is 5.92 Å². The third kappa shape index (κ3) is 2.69. The topological polar surface area (TPSA) is 55.2 Å². The van der Waals surface area contributed by atoms with E-state index in [1.54, 1.807) is 12.1 Å². The van der Waals surface area contributed by atoms with Crippen molar-refractivity contribution in [1.29, 1.82) is 0 Å². The van der Waals surface area contributed by atoms with Crippen molar-refractivity contribution in [1.82, 2.24) is 0 Å². The van der Waals surface area contributed by atoms with Crippen LogP contribution in [0.2, 0.25) is 5.02 Å². The average Bonchev–Trinajstić information content (AvgIpc) is 2.67. The highest BCUT2D eigenvalue weighted by Crippen LogP contribution is 2.34. The number of anilines is 1. The SMILES string of the molecule is CC1CCC(Nc2cccc([N+](=O)[O-])c2Cl)C1. The van der Waals surface area contributed by atoms with Crippen molar-refractivity contribution in [3.8, 4) is 0 Å². The molecule has 0 aromatic heterocycles. The molecule has 0 radical (unpaired) electrons. The monoisotopic (exact) mass is 254 g/mol. The molecule has 5 heteroatoms. The molecule has 0 heterocycles. The zero-order valence-corrected chi connectivity index (χ0v) is 10.4. The van der Waals surface area contributed by atoms with E-state index in [0.717, 1.165) is 12.8 Å². The molecular weight excluding hydrogens is 240 g/mol. The molecule has 2 atom stereocenters. The van der Waals surface area contributed by atoms with Crippen molar-refractivity contribution in [3.05, 3.63) is 33.3 Å². The lowest BCUT2D eigenvalue weighted by Crippen LogP contribution is -2.15. The fourth-order valence-electron chi connectivity index (χ4n) is 2.33. The van der Waals surface area contributed by atoms with Crippen molar-refractivity contribution in [2.45, 2.75) is 32.2 Å². The van der Waals surface area contributed by atoms with Crippen LogP contribution in [-0.4, -0.2) is 11.0 Å². The summed E-state index contributed by atoms with van der Waals surface area (Å²) in [6.07, 6.45) is 3.39. The average molecular weight is 255 g/mol. The van der Waals surface area contributed by atoms with Gasteiger partial charge in [0.15, 0.2) is 0 Å². The number of nitro benzene ring substituents is 1. The molecule has 4 nitrogen and oxygen atoms in total. The summed E-state index contributed by atoms with van der Waals surface area (Å²) in [6, 6.07) is 5.25. The molecule has 1 N–H and O–H groups in total. The number of nitrogens with zero attached hydrogens (tertiary/aromatic N) is 1. The Hall–Kier alpha value is -1.29. The standard InChI is InChI=1S/C12H15ClN2O2/c1-8-5-6-9(7-8)14-10-3-2-4-11(12(10)13)15(16)17/h2-4,8-9,14H,5-7H2,1H3. The van der Waals surface area contributed by atoms with E-state index in [2.05, 4.69) is 12.2 Å². The second-order valence-electron chi connectivity index (χ2n) is 4.66. The number of nitrogens with one attached hydrogen (secondary N) is 1. The Morgan fingerprint density at radius 1 is 1.47 bits per heavy atom. The van der Waals surface area contributed by atoms with Gasteiger partial charge in [-0.3, -0.25) is 10.1 Å². The lowest BCUT2D eigenvalue weighted by Gasteiger charge is -2.15. The Morgan fingerprint density at radius 3 is 2.82 bits per heavy atom. The quantitative estimate of drug-likeness (QED) is 0.658. The van der Waals surface area contributed by atoms with Gasteiger partial charge in [-0.1, -0.05) is 24.6 Å². The highest BCUT2D eigenvalue weighted by molar-refractivity contribution is 6.35. The smallest absolute Gasteiger partial charge is 0.289 e. The van der Waals surface area contributed by atoms with Gasteiger partial charge in [0.2, 0.25) is 0 Å². The summed E-state index contributed by atoms with van der Waals surface area (Å²) >= 11 is 6.01. The Morgan fingerprint density at radius 2 is 2.24 bits per heavy atom. The minimum absolute atomic E-state index is 0.0392. The van der Waals surface area contributed by atoms with E-state index in [-0.39, 0.29) is 10.7 Å². The molecular formula is C12H15ClN2O2. The van der Waals surface area contributed by atoms with Gasteiger partial charge in [-0.25, -0.2) is 0 Å². The van der Waals surface area contributed by atoms with Gasteiger partial charge < -0.3 is 5.32 Å². The molecule has 1 fully saturated rings. The maximum Gasteiger partial charge on any atom is 0.289 e. The molecule has 2 unspecified atom stereocenters. The Bertz CT molecular complexity index is 437. The first kappa shape index (κ1) is 12.2. The van der Waals surface area contributed by atoms with E-state index in [0.29, 0.717) is 17.6 Å². The highest BCUT2D eigenvalue weighted by atomic mass is 35.5. The molecule has 0 aliphatic heterocycles. The van der Waals surface area contributed by atoms with Crippen LogP contribution >= 0.6 is 11.6 Å². The third-order valence-electron chi connectivity index (χ3n) is 3.23. The predicted molar refractivity (Wildman–Crippen MR) is 68.5 cm³/mol.